The van der Waals surface area contributed by atoms with Crippen molar-refractivity contribution in [1.82, 2.24) is 0 Å². The lowest BCUT2D eigenvalue weighted by molar-refractivity contribution is -0.128. The molecule has 0 bridgehead atoms. The van der Waals surface area contributed by atoms with Gasteiger partial charge in [0.1, 0.15) is 5.75 Å². The Morgan fingerprint density at radius 2 is 2.21 bits per heavy atom. The van der Waals surface area contributed by atoms with Crippen LogP contribution in [0.1, 0.15) is 20.3 Å². The van der Waals surface area contributed by atoms with Gasteiger partial charge in [-0.1, -0.05) is 13.8 Å². The van der Waals surface area contributed by atoms with Crippen LogP contribution in [0.3, 0.4) is 0 Å². The Balaban J connectivity index is 2.37. The van der Waals surface area contributed by atoms with Gasteiger partial charge in [-0.2, -0.15) is 0 Å². The Hall–Kier alpha value is -1.75. The fourth-order valence-electron chi connectivity index (χ4n) is 2.19. The van der Waals surface area contributed by atoms with Gasteiger partial charge in [0.25, 0.3) is 5.91 Å². The first-order valence-corrected chi connectivity index (χ1v) is 6.53. The predicted octanol–water partition coefficient (Wildman–Crippen LogP) is 1.40. The summed E-state index contributed by atoms with van der Waals surface area (Å²) >= 11 is 0. The van der Waals surface area contributed by atoms with Crippen LogP contribution in [0.2, 0.25) is 0 Å². The smallest absolute Gasteiger partial charge is 0.268 e. The van der Waals surface area contributed by atoms with E-state index >= 15 is 0 Å². The highest BCUT2D eigenvalue weighted by molar-refractivity contribution is 6.00. The summed E-state index contributed by atoms with van der Waals surface area (Å²) < 4.78 is 5.76. The number of aliphatic hydroxyl groups is 1. The number of carbonyl (C=O) groups excluding carboxylic acids is 1. The van der Waals surface area contributed by atoms with Crippen molar-refractivity contribution in [3.05, 3.63) is 18.2 Å². The first-order valence-electron chi connectivity index (χ1n) is 6.53. The van der Waals surface area contributed by atoms with Gasteiger partial charge < -0.3 is 20.5 Å². The Morgan fingerprint density at radius 1 is 1.47 bits per heavy atom. The molecule has 0 aliphatic carbocycles. The van der Waals surface area contributed by atoms with Crippen molar-refractivity contribution in [3.63, 3.8) is 0 Å². The summed E-state index contributed by atoms with van der Waals surface area (Å²) in [5.74, 6) is 0.663. The summed E-state index contributed by atoms with van der Waals surface area (Å²) in [5.41, 5.74) is 7.10. The van der Waals surface area contributed by atoms with Gasteiger partial charge in [0.15, 0.2) is 6.10 Å². The average molecular weight is 264 g/mol. The third-order valence-electron chi connectivity index (χ3n) is 3.18. The maximum absolute atomic E-state index is 12.4. The first-order chi connectivity index (χ1) is 9.04. The van der Waals surface area contributed by atoms with Gasteiger partial charge >= 0.3 is 0 Å². The fourth-order valence-corrected chi connectivity index (χ4v) is 2.19. The number of nitrogen functional groups attached to an aromatic ring is 1. The lowest BCUT2D eigenvalue weighted by Gasteiger charge is -2.36. The Labute approximate surface area is 113 Å². The molecule has 1 aliphatic heterocycles. The number of nitrogens with zero attached hydrogens (tertiary/aromatic N) is 1. The van der Waals surface area contributed by atoms with Gasteiger partial charge in [0.05, 0.1) is 5.69 Å². The molecule has 1 amide bonds. The lowest BCUT2D eigenvalue weighted by Crippen LogP contribution is -2.48. The normalized spacial score (nSPS) is 18.4. The number of benzene rings is 1. The summed E-state index contributed by atoms with van der Waals surface area (Å²) in [4.78, 5) is 14.1. The van der Waals surface area contributed by atoms with Crippen LogP contribution in [-0.2, 0) is 4.79 Å². The number of ether oxygens (including phenoxy) is 1. The number of hydrogen-bond acceptors (Lipinski definition) is 4. The van der Waals surface area contributed by atoms with E-state index in [1.807, 2.05) is 13.8 Å². The predicted molar refractivity (Wildman–Crippen MR) is 74.2 cm³/mol. The van der Waals surface area contributed by atoms with Crippen LogP contribution < -0.4 is 15.4 Å². The standard InChI is InChI=1S/C14H20N2O3/c1-9(2)13-14(18)16(6-3-7-17)11-5-4-10(15)8-12(11)19-13/h4-5,8-9,13,17H,3,6-7,15H2,1-2H3. The second-order valence-corrected chi connectivity index (χ2v) is 5.08. The van der Waals surface area contributed by atoms with Crippen molar-refractivity contribution < 1.29 is 14.6 Å². The van der Waals surface area contributed by atoms with Crippen LogP contribution in [0.4, 0.5) is 11.4 Å². The third-order valence-corrected chi connectivity index (χ3v) is 3.18. The number of anilines is 2. The topological polar surface area (TPSA) is 75.8 Å². The van der Waals surface area contributed by atoms with Crippen LogP contribution in [-0.4, -0.2) is 30.3 Å². The largest absolute Gasteiger partial charge is 0.478 e. The number of nitrogens with two attached hydrogens (primary N) is 1. The SMILES string of the molecule is CC(C)C1Oc2cc(N)ccc2N(CCCO)C1=O. The molecule has 0 spiro atoms. The number of amides is 1. The molecular weight excluding hydrogens is 244 g/mol. The summed E-state index contributed by atoms with van der Waals surface area (Å²) in [6, 6.07) is 5.27. The number of carbonyl (C=O) groups is 1. The Kier molecular flexibility index (Phi) is 3.95. The summed E-state index contributed by atoms with van der Waals surface area (Å²) in [7, 11) is 0. The van der Waals surface area contributed by atoms with Crippen molar-refractivity contribution in [2.75, 3.05) is 23.8 Å². The second-order valence-electron chi connectivity index (χ2n) is 5.08. The minimum Gasteiger partial charge on any atom is -0.478 e. The highest BCUT2D eigenvalue weighted by Crippen LogP contribution is 2.37. The van der Waals surface area contributed by atoms with E-state index in [1.165, 1.54) is 0 Å². The molecule has 1 heterocycles. The van der Waals surface area contributed by atoms with E-state index in [-0.39, 0.29) is 18.4 Å². The molecule has 1 aromatic rings. The molecule has 5 nitrogen and oxygen atoms in total. The zero-order valence-corrected chi connectivity index (χ0v) is 11.3. The molecule has 5 heteroatoms. The molecule has 1 aliphatic rings. The van der Waals surface area contributed by atoms with Crippen LogP contribution in [0.25, 0.3) is 0 Å². The van der Waals surface area contributed by atoms with E-state index in [2.05, 4.69) is 0 Å². The van der Waals surface area contributed by atoms with Gasteiger partial charge in [-0.3, -0.25) is 4.79 Å². The summed E-state index contributed by atoms with van der Waals surface area (Å²) in [6.45, 7) is 4.44. The van der Waals surface area contributed by atoms with E-state index in [9.17, 15) is 4.79 Å². The van der Waals surface area contributed by atoms with E-state index < -0.39 is 6.10 Å². The van der Waals surface area contributed by atoms with Gasteiger partial charge in [0, 0.05) is 24.9 Å². The van der Waals surface area contributed by atoms with Crippen molar-refractivity contribution in [2.45, 2.75) is 26.4 Å². The maximum atomic E-state index is 12.4. The van der Waals surface area contributed by atoms with Gasteiger partial charge in [0.2, 0.25) is 0 Å². The quantitative estimate of drug-likeness (QED) is 0.806. The fraction of sp³-hybridized carbons (Fsp3) is 0.500. The molecule has 0 aromatic heterocycles. The molecule has 2 rings (SSSR count). The molecule has 0 saturated heterocycles. The number of aliphatic hydroxyl groups excluding tert-OH is 1. The molecule has 0 fully saturated rings. The van der Waals surface area contributed by atoms with Crippen LogP contribution in [0.5, 0.6) is 5.75 Å². The number of fused-ring (bicyclic) bond motifs is 1. The minimum absolute atomic E-state index is 0.0549. The minimum atomic E-state index is -0.493. The average Bonchev–Trinajstić information content (AvgIpc) is 2.37. The van der Waals surface area contributed by atoms with E-state index in [0.717, 1.165) is 5.69 Å². The molecular formula is C14H20N2O3. The maximum Gasteiger partial charge on any atom is 0.268 e. The Bertz CT molecular complexity index is 474. The summed E-state index contributed by atoms with van der Waals surface area (Å²) in [5, 5.41) is 8.96. The zero-order valence-electron chi connectivity index (χ0n) is 11.3. The molecule has 19 heavy (non-hydrogen) atoms. The van der Waals surface area contributed by atoms with E-state index in [4.69, 9.17) is 15.6 Å². The van der Waals surface area contributed by atoms with Crippen molar-refractivity contribution in [3.8, 4) is 5.75 Å². The van der Waals surface area contributed by atoms with E-state index in [0.29, 0.717) is 24.4 Å². The third kappa shape index (κ3) is 2.66. The van der Waals surface area contributed by atoms with Crippen molar-refractivity contribution >= 4 is 17.3 Å². The highest BCUT2D eigenvalue weighted by atomic mass is 16.5. The molecule has 1 atom stereocenters. The highest BCUT2D eigenvalue weighted by Gasteiger charge is 2.35. The lowest BCUT2D eigenvalue weighted by atomic mass is 10.0. The number of rotatable bonds is 4. The molecule has 104 valence electrons. The van der Waals surface area contributed by atoms with Gasteiger partial charge in [-0.05, 0) is 24.5 Å². The molecule has 1 aromatic carbocycles. The molecule has 3 N–H and O–H groups in total. The van der Waals surface area contributed by atoms with Crippen LogP contribution in [0.15, 0.2) is 18.2 Å². The van der Waals surface area contributed by atoms with E-state index in [1.54, 1.807) is 23.1 Å². The monoisotopic (exact) mass is 264 g/mol. The zero-order chi connectivity index (χ0) is 14.0. The summed E-state index contributed by atoms with van der Waals surface area (Å²) in [6.07, 6.45) is 0.0494. The first kappa shape index (κ1) is 13.7. The van der Waals surface area contributed by atoms with Gasteiger partial charge in [-0.15, -0.1) is 0 Å². The van der Waals surface area contributed by atoms with Crippen molar-refractivity contribution in [1.29, 1.82) is 0 Å². The molecule has 1 unspecified atom stereocenters. The molecule has 0 saturated carbocycles. The molecule has 0 radical (unpaired) electrons. The van der Waals surface area contributed by atoms with Crippen molar-refractivity contribution in [2.24, 2.45) is 5.92 Å². The van der Waals surface area contributed by atoms with Gasteiger partial charge in [-0.25, -0.2) is 0 Å². The Morgan fingerprint density at radius 3 is 2.84 bits per heavy atom. The number of hydrogen-bond donors (Lipinski definition) is 2. The van der Waals surface area contributed by atoms with Crippen LogP contribution in [0, 0.1) is 5.92 Å². The van der Waals surface area contributed by atoms with Crippen LogP contribution >= 0.6 is 0 Å². The second kappa shape index (κ2) is 5.48.